The van der Waals surface area contributed by atoms with Crippen molar-refractivity contribution in [3.63, 3.8) is 0 Å². The van der Waals surface area contributed by atoms with Crippen molar-refractivity contribution in [2.75, 3.05) is 13.2 Å². The second-order valence-electron chi connectivity index (χ2n) is 9.97. The molecule has 0 radical (unpaired) electrons. The van der Waals surface area contributed by atoms with Gasteiger partial charge in [0.1, 0.15) is 12.4 Å². The molecule has 0 spiro atoms. The van der Waals surface area contributed by atoms with Crippen molar-refractivity contribution in [1.29, 1.82) is 0 Å². The molecule has 0 aliphatic heterocycles. The van der Waals surface area contributed by atoms with Gasteiger partial charge < -0.3 is 19.1 Å². The van der Waals surface area contributed by atoms with Crippen molar-refractivity contribution in [2.45, 2.75) is 105 Å². The normalized spacial score (nSPS) is 11.6. The molecular formula is C31H47NO4. The monoisotopic (exact) mass is 497 g/mol. The van der Waals surface area contributed by atoms with Gasteiger partial charge >= 0.3 is 0 Å². The number of ether oxygens (including phenoxy) is 2. The molecule has 1 aromatic heterocycles. The molecule has 1 N–H and O–H groups in total. The molecule has 36 heavy (non-hydrogen) atoms. The number of benzene rings is 1. The summed E-state index contributed by atoms with van der Waals surface area (Å²) in [4.78, 5) is 13.6. The first-order chi connectivity index (χ1) is 17.4. The third-order valence-corrected chi connectivity index (χ3v) is 6.39. The Hall–Kier alpha value is -2.69. The number of rotatable bonds is 17. The van der Waals surface area contributed by atoms with Crippen molar-refractivity contribution >= 4 is 10.9 Å². The molecule has 5 nitrogen and oxygen atoms in total. The zero-order valence-electron chi connectivity index (χ0n) is 23.2. The van der Waals surface area contributed by atoms with Crippen LogP contribution in [0.3, 0.4) is 0 Å². The molecule has 1 heterocycles. The summed E-state index contributed by atoms with van der Waals surface area (Å²) in [6.07, 6.45) is 15.1. The Bertz CT molecular complexity index is 1060. The second kappa shape index (κ2) is 16.1. The number of pyridine rings is 1. The summed E-state index contributed by atoms with van der Waals surface area (Å²) in [6.45, 7) is 12.1. The van der Waals surface area contributed by atoms with E-state index in [1.807, 2.05) is 6.07 Å². The average Bonchev–Trinajstić information content (AvgIpc) is 2.84. The van der Waals surface area contributed by atoms with Gasteiger partial charge in [0.15, 0.2) is 5.75 Å². The largest absolute Gasteiger partial charge is 0.508 e. The highest BCUT2D eigenvalue weighted by molar-refractivity contribution is 5.89. The number of hydrogen-bond acceptors (Lipinski definition) is 4. The summed E-state index contributed by atoms with van der Waals surface area (Å²) in [6, 6.07) is 5.12. The van der Waals surface area contributed by atoms with Crippen LogP contribution in [0.5, 0.6) is 17.2 Å². The molecule has 0 amide bonds. The maximum Gasteiger partial charge on any atom is 0.297 e. The lowest BCUT2D eigenvalue weighted by Gasteiger charge is -2.18. The maximum absolute atomic E-state index is 13.6. The predicted octanol–water partition coefficient (Wildman–Crippen LogP) is 8.32. The van der Waals surface area contributed by atoms with Crippen molar-refractivity contribution in [3.8, 4) is 17.2 Å². The third kappa shape index (κ3) is 9.40. The number of hydrogen-bond donors (Lipinski definition) is 1. The molecule has 0 aliphatic rings. The standard InChI is InChI=1S/C31H47NO4/c1-6-8-10-11-12-13-21-35-30-29(36-22-19-25(5)16-14-15-24(3)4)27-18-17-26(33)23-28(27)32(31(30)34)20-9-7-2/h15,17-19,23,33H,6-14,16,20-22H2,1-5H3/b25-19+. The lowest BCUT2D eigenvalue weighted by molar-refractivity contribution is 0.271. The zero-order valence-corrected chi connectivity index (χ0v) is 23.2. The fourth-order valence-electron chi connectivity index (χ4n) is 4.21. The van der Waals surface area contributed by atoms with Crippen molar-refractivity contribution < 1.29 is 14.6 Å². The number of allylic oxidation sites excluding steroid dienone is 3. The molecule has 0 atom stereocenters. The topological polar surface area (TPSA) is 60.7 Å². The number of aryl methyl sites for hydroxylation is 1. The van der Waals surface area contributed by atoms with Crippen molar-refractivity contribution in [2.24, 2.45) is 0 Å². The molecule has 0 saturated heterocycles. The first kappa shape index (κ1) is 29.5. The smallest absolute Gasteiger partial charge is 0.297 e. The molecule has 200 valence electrons. The van der Waals surface area contributed by atoms with Gasteiger partial charge in [0.25, 0.3) is 5.56 Å². The number of phenols is 1. The molecule has 0 bridgehead atoms. The van der Waals surface area contributed by atoms with Crippen LogP contribution in [-0.2, 0) is 6.54 Å². The molecule has 2 aromatic rings. The first-order valence-electron chi connectivity index (χ1n) is 13.8. The van der Waals surface area contributed by atoms with Gasteiger partial charge in [-0.1, -0.05) is 69.6 Å². The fraction of sp³-hybridized carbons (Fsp3) is 0.581. The van der Waals surface area contributed by atoms with E-state index in [1.54, 1.807) is 16.7 Å². The van der Waals surface area contributed by atoms with E-state index in [0.29, 0.717) is 31.0 Å². The lowest BCUT2D eigenvalue weighted by atomic mass is 10.1. The van der Waals surface area contributed by atoms with Crippen LogP contribution < -0.4 is 15.0 Å². The quantitative estimate of drug-likeness (QED) is 0.176. The fourth-order valence-corrected chi connectivity index (χ4v) is 4.21. The summed E-state index contributed by atoms with van der Waals surface area (Å²) >= 11 is 0. The number of phenolic OH excluding ortho intramolecular Hbond substituents is 1. The van der Waals surface area contributed by atoms with E-state index in [2.05, 4.69) is 46.8 Å². The van der Waals surface area contributed by atoms with Crippen LogP contribution in [0.1, 0.15) is 98.8 Å². The van der Waals surface area contributed by atoms with Crippen LogP contribution in [-0.4, -0.2) is 22.9 Å². The van der Waals surface area contributed by atoms with Gasteiger partial charge in [-0.05, 0) is 64.7 Å². The molecule has 2 rings (SSSR count). The second-order valence-corrected chi connectivity index (χ2v) is 9.97. The molecule has 0 unspecified atom stereocenters. The Kier molecular flexibility index (Phi) is 13.2. The first-order valence-corrected chi connectivity index (χ1v) is 13.8. The summed E-state index contributed by atoms with van der Waals surface area (Å²) < 4.78 is 14.1. The Morgan fingerprint density at radius 1 is 0.917 bits per heavy atom. The molecule has 0 fully saturated rings. The van der Waals surface area contributed by atoms with Crippen LogP contribution in [0.2, 0.25) is 0 Å². The summed E-state index contributed by atoms with van der Waals surface area (Å²) in [5, 5.41) is 11.0. The molecule has 1 aromatic carbocycles. The minimum atomic E-state index is -0.188. The van der Waals surface area contributed by atoms with Crippen LogP contribution in [0.15, 0.2) is 46.3 Å². The van der Waals surface area contributed by atoms with Gasteiger partial charge in [-0.15, -0.1) is 0 Å². The molecule has 5 heteroatoms. The number of aromatic nitrogens is 1. The highest BCUT2D eigenvalue weighted by Gasteiger charge is 2.20. The van der Waals surface area contributed by atoms with Gasteiger partial charge in [-0.3, -0.25) is 4.79 Å². The van der Waals surface area contributed by atoms with E-state index in [-0.39, 0.29) is 17.1 Å². The van der Waals surface area contributed by atoms with Crippen LogP contribution in [0, 0.1) is 0 Å². The summed E-state index contributed by atoms with van der Waals surface area (Å²) in [5.41, 5.74) is 3.07. The van der Waals surface area contributed by atoms with Crippen LogP contribution in [0.4, 0.5) is 0 Å². The maximum atomic E-state index is 13.6. The number of aromatic hydroxyl groups is 1. The van der Waals surface area contributed by atoms with E-state index >= 15 is 0 Å². The molecule has 0 aliphatic carbocycles. The van der Waals surface area contributed by atoms with Gasteiger partial charge in [0, 0.05) is 18.0 Å². The predicted molar refractivity (Wildman–Crippen MR) is 152 cm³/mol. The molecule has 0 saturated carbocycles. The van der Waals surface area contributed by atoms with E-state index in [0.717, 1.165) is 43.9 Å². The lowest BCUT2D eigenvalue weighted by Crippen LogP contribution is -2.24. The Balaban J connectivity index is 2.32. The Morgan fingerprint density at radius 2 is 1.64 bits per heavy atom. The number of fused-ring (bicyclic) bond motifs is 1. The van der Waals surface area contributed by atoms with E-state index in [9.17, 15) is 9.90 Å². The van der Waals surface area contributed by atoms with Gasteiger partial charge in [-0.2, -0.15) is 0 Å². The van der Waals surface area contributed by atoms with Crippen molar-refractivity contribution in [3.05, 3.63) is 51.9 Å². The Morgan fingerprint density at radius 3 is 2.36 bits per heavy atom. The summed E-state index contributed by atoms with van der Waals surface area (Å²) in [7, 11) is 0. The highest BCUT2D eigenvalue weighted by atomic mass is 16.5. The van der Waals surface area contributed by atoms with Crippen LogP contribution >= 0.6 is 0 Å². The number of unbranched alkanes of at least 4 members (excludes halogenated alkanes) is 6. The van der Waals surface area contributed by atoms with Gasteiger partial charge in [0.05, 0.1) is 12.1 Å². The van der Waals surface area contributed by atoms with E-state index < -0.39 is 0 Å². The summed E-state index contributed by atoms with van der Waals surface area (Å²) in [5.74, 6) is 0.893. The molecular weight excluding hydrogens is 450 g/mol. The SMILES string of the molecule is CCCCCCCCOc1c(OC/C=C(\C)CCC=C(C)C)c2ccc(O)cc2n(CCCC)c1=O. The van der Waals surface area contributed by atoms with E-state index in [4.69, 9.17) is 9.47 Å². The van der Waals surface area contributed by atoms with Crippen LogP contribution in [0.25, 0.3) is 10.9 Å². The van der Waals surface area contributed by atoms with E-state index in [1.165, 1.54) is 36.8 Å². The minimum Gasteiger partial charge on any atom is -0.508 e. The van der Waals surface area contributed by atoms with Gasteiger partial charge in [-0.25, -0.2) is 0 Å². The Labute approximate surface area is 217 Å². The third-order valence-electron chi connectivity index (χ3n) is 6.39. The highest BCUT2D eigenvalue weighted by Crippen LogP contribution is 2.35. The van der Waals surface area contributed by atoms with Gasteiger partial charge in [0.2, 0.25) is 5.75 Å². The van der Waals surface area contributed by atoms with Crippen molar-refractivity contribution in [1.82, 2.24) is 4.57 Å². The number of nitrogens with zero attached hydrogens (tertiary/aromatic N) is 1. The minimum absolute atomic E-state index is 0.133. The average molecular weight is 498 g/mol. The zero-order chi connectivity index (χ0) is 26.3.